The summed E-state index contributed by atoms with van der Waals surface area (Å²) in [4.78, 5) is 0. The quantitative estimate of drug-likeness (QED) is 0.631. The summed E-state index contributed by atoms with van der Waals surface area (Å²) >= 11 is 0. The predicted octanol–water partition coefficient (Wildman–Crippen LogP) is 2.44. The number of nitrogens with one attached hydrogen (secondary N) is 1. The Labute approximate surface area is 118 Å². The van der Waals surface area contributed by atoms with Crippen LogP contribution in [-0.2, 0) is 13.2 Å². The Morgan fingerprint density at radius 1 is 1.00 bits per heavy atom. The third kappa shape index (κ3) is 3.50. The molecule has 2 aromatic carbocycles. The number of hydrogen-bond donors (Lipinski definition) is 4. The highest BCUT2D eigenvalue weighted by atomic mass is 16.3. The minimum absolute atomic E-state index is 0.0429. The summed E-state index contributed by atoms with van der Waals surface area (Å²) in [5, 5.41) is 31.5. The fourth-order valence-corrected chi connectivity index (χ4v) is 2.03. The van der Waals surface area contributed by atoms with Crippen LogP contribution in [0.15, 0.2) is 42.5 Å². The maximum Gasteiger partial charge on any atom is 0.120 e. The van der Waals surface area contributed by atoms with Gasteiger partial charge in [-0.25, -0.2) is 0 Å². The van der Waals surface area contributed by atoms with Crippen LogP contribution in [-0.4, -0.2) is 15.3 Å². The molecule has 20 heavy (non-hydrogen) atoms. The first-order valence-electron chi connectivity index (χ1n) is 6.54. The van der Waals surface area contributed by atoms with Gasteiger partial charge in [0.1, 0.15) is 11.5 Å². The number of rotatable bonds is 5. The number of hydrogen-bond acceptors (Lipinski definition) is 4. The summed E-state index contributed by atoms with van der Waals surface area (Å²) in [5.74, 6) is 0.303. The van der Waals surface area contributed by atoms with Crippen LogP contribution in [0.2, 0.25) is 0 Å². The molecule has 0 aliphatic carbocycles. The van der Waals surface area contributed by atoms with Crippen LogP contribution in [0.5, 0.6) is 11.5 Å². The predicted molar refractivity (Wildman–Crippen MR) is 77.4 cm³/mol. The second kappa shape index (κ2) is 6.41. The molecule has 0 saturated carbocycles. The first kappa shape index (κ1) is 14.4. The Kier molecular flexibility index (Phi) is 4.61. The molecule has 106 valence electrons. The van der Waals surface area contributed by atoms with E-state index < -0.39 is 0 Å². The van der Waals surface area contributed by atoms with Gasteiger partial charge in [-0.2, -0.15) is 0 Å². The number of phenols is 2. The fourth-order valence-electron chi connectivity index (χ4n) is 2.03. The second-order valence-corrected chi connectivity index (χ2v) is 4.82. The summed E-state index contributed by atoms with van der Waals surface area (Å²) in [6.45, 7) is 2.61. The largest absolute Gasteiger partial charge is 0.508 e. The maximum atomic E-state index is 9.79. The number of aromatic hydroxyl groups is 2. The van der Waals surface area contributed by atoms with Crippen LogP contribution >= 0.6 is 0 Å². The van der Waals surface area contributed by atoms with Crippen LogP contribution in [0.4, 0.5) is 0 Å². The van der Waals surface area contributed by atoms with Crippen molar-refractivity contribution in [2.24, 2.45) is 0 Å². The number of aliphatic hydroxyl groups excluding tert-OH is 1. The normalized spacial score (nSPS) is 12.3. The van der Waals surface area contributed by atoms with E-state index in [0.717, 1.165) is 11.1 Å². The van der Waals surface area contributed by atoms with Crippen LogP contribution in [0.25, 0.3) is 0 Å². The zero-order valence-electron chi connectivity index (χ0n) is 11.4. The van der Waals surface area contributed by atoms with Crippen molar-refractivity contribution in [3.05, 3.63) is 59.2 Å². The third-order valence-corrected chi connectivity index (χ3v) is 3.30. The minimum Gasteiger partial charge on any atom is -0.508 e. The van der Waals surface area contributed by atoms with E-state index in [1.807, 2.05) is 31.2 Å². The summed E-state index contributed by atoms with van der Waals surface area (Å²) in [6.07, 6.45) is 0. The summed E-state index contributed by atoms with van der Waals surface area (Å²) < 4.78 is 0. The van der Waals surface area contributed by atoms with Crippen LogP contribution in [0.1, 0.15) is 29.7 Å². The highest BCUT2D eigenvalue weighted by molar-refractivity contribution is 5.40. The van der Waals surface area contributed by atoms with Gasteiger partial charge in [0.2, 0.25) is 0 Å². The van der Waals surface area contributed by atoms with Crippen molar-refractivity contribution in [2.45, 2.75) is 26.1 Å². The Hall–Kier alpha value is -2.04. The fraction of sp³-hybridized carbons (Fsp3) is 0.250. The van der Waals surface area contributed by atoms with E-state index in [0.29, 0.717) is 12.1 Å². The van der Waals surface area contributed by atoms with Gasteiger partial charge in [0.25, 0.3) is 0 Å². The lowest BCUT2D eigenvalue weighted by Crippen LogP contribution is -2.18. The van der Waals surface area contributed by atoms with Gasteiger partial charge in [-0.05, 0) is 36.2 Å². The molecule has 0 aliphatic rings. The van der Waals surface area contributed by atoms with E-state index in [-0.39, 0.29) is 24.1 Å². The van der Waals surface area contributed by atoms with Crippen molar-refractivity contribution >= 4 is 0 Å². The van der Waals surface area contributed by atoms with Crippen molar-refractivity contribution in [3.8, 4) is 11.5 Å². The molecular weight excluding hydrogens is 254 g/mol. The molecule has 1 unspecified atom stereocenters. The second-order valence-electron chi connectivity index (χ2n) is 4.82. The van der Waals surface area contributed by atoms with E-state index in [4.69, 9.17) is 5.11 Å². The monoisotopic (exact) mass is 273 g/mol. The minimum atomic E-state index is -0.0837. The number of benzene rings is 2. The average molecular weight is 273 g/mol. The Balaban J connectivity index is 2.00. The summed E-state index contributed by atoms with van der Waals surface area (Å²) in [6, 6.07) is 12.1. The number of aliphatic hydroxyl groups is 1. The van der Waals surface area contributed by atoms with Gasteiger partial charge in [-0.3, -0.25) is 0 Å². The van der Waals surface area contributed by atoms with Crippen molar-refractivity contribution in [1.82, 2.24) is 5.32 Å². The Morgan fingerprint density at radius 2 is 1.65 bits per heavy atom. The van der Waals surface area contributed by atoms with Gasteiger partial charge in [0.05, 0.1) is 6.61 Å². The standard InChI is InChI=1S/C16H19NO3/c1-11(15-8-14(19)6-7-16(15)20)17-9-12-2-4-13(10-18)5-3-12/h2-8,11,17-20H,9-10H2,1H3. The lowest BCUT2D eigenvalue weighted by Gasteiger charge is -2.16. The number of phenolic OH excluding ortho intramolecular Hbond substituents is 2. The van der Waals surface area contributed by atoms with Crippen molar-refractivity contribution in [1.29, 1.82) is 0 Å². The van der Waals surface area contributed by atoms with E-state index in [1.54, 1.807) is 6.07 Å². The lowest BCUT2D eigenvalue weighted by molar-refractivity contribution is 0.282. The first-order chi connectivity index (χ1) is 9.60. The molecular formula is C16H19NO3. The summed E-state index contributed by atoms with van der Waals surface area (Å²) in [7, 11) is 0. The SMILES string of the molecule is CC(NCc1ccc(CO)cc1)c1cc(O)ccc1O. The topological polar surface area (TPSA) is 72.7 Å². The van der Waals surface area contributed by atoms with E-state index >= 15 is 0 Å². The Morgan fingerprint density at radius 3 is 2.30 bits per heavy atom. The molecule has 4 heteroatoms. The van der Waals surface area contributed by atoms with Gasteiger partial charge in [-0.1, -0.05) is 24.3 Å². The van der Waals surface area contributed by atoms with Gasteiger partial charge in [-0.15, -0.1) is 0 Å². The van der Waals surface area contributed by atoms with Crippen molar-refractivity contribution in [2.75, 3.05) is 0 Å². The molecule has 2 rings (SSSR count). The third-order valence-electron chi connectivity index (χ3n) is 3.30. The zero-order chi connectivity index (χ0) is 14.5. The molecule has 0 fully saturated rings. The molecule has 0 heterocycles. The average Bonchev–Trinajstić information content (AvgIpc) is 2.47. The molecule has 0 bridgehead atoms. The van der Waals surface area contributed by atoms with Gasteiger partial charge < -0.3 is 20.6 Å². The first-order valence-corrected chi connectivity index (χ1v) is 6.54. The smallest absolute Gasteiger partial charge is 0.120 e. The molecule has 2 aromatic rings. The highest BCUT2D eigenvalue weighted by Gasteiger charge is 2.10. The molecule has 0 saturated heterocycles. The molecule has 4 N–H and O–H groups in total. The van der Waals surface area contributed by atoms with Crippen LogP contribution < -0.4 is 5.32 Å². The zero-order valence-corrected chi connectivity index (χ0v) is 11.4. The lowest BCUT2D eigenvalue weighted by atomic mass is 10.1. The van der Waals surface area contributed by atoms with Crippen molar-refractivity contribution in [3.63, 3.8) is 0 Å². The van der Waals surface area contributed by atoms with Gasteiger partial charge in [0.15, 0.2) is 0 Å². The van der Waals surface area contributed by atoms with Crippen LogP contribution in [0, 0.1) is 0 Å². The molecule has 4 nitrogen and oxygen atoms in total. The molecule has 0 spiro atoms. The van der Waals surface area contributed by atoms with Gasteiger partial charge >= 0.3 is 0 Å². The van der Waals surface area contributed by atoms with Crippen molar-refractivity contribution < 1.29 is 15.3 Å². The van der Waals surface area contributed by atoms with Crippen LogP contribution in [0.3, 0.4) is 0 Å². The van der Waals surface area contributed by atoms with E-state index in [1.165, 1.54) is 12.1 Å². The summed E-state index contributed by atoms with van der Waals surface area (Å²) in [5.41, 5.74) is 2.64. The maximum absolute atomic E-state index is 9.79. The van der Waals surface area contributed by atoms with Gasteiger partial charge in [0, 0.05) is 18.2 Å². The highest BCUT2D eigenvalue weighted by Crippen LogP contribution is 2.27. The molecule has 0 amide bonds. The molecule has 0 radical (unpaired) electrons. The van der Waals surface area contributed by atoms with E-state index in [9.17, 15) is 10.2 Å². The molecule has 0 aliphatic heterocycles. The molecule has 0 aromatic heterocycles. The van der Waals surface area contributed by atoms with E-state index in [2.05, 4.69) is 5.32 Å². The Bertz CT molecular complexity index is 566. The molecule has 1 atom stereocenters.